The summed E-state index contributed by atoms with van der Waals surface area (Å²) in [4.78, 5) is 0. The van der Waals surface area contributed by atoms with Crippen LogP contribution < -0.4 is 0 Å². The van der Waals surface area contributed by atoms with Crippen LogP contribution in [0, 0.1) is 5.92 Å². The smallest absolute Gasteiger partial charge is 0.200 e. The van der Waals surface area contributed by atoms with Gasteiger partial charge in [0.15, 0.2) is 11.5 Å². The molecule has 3 heteroatoms. The number of phenolic OH excluding ortho intramolecular Hbond substituents is 3. The Hall–Kier alpha value is -1.38. The van der Waals surface area contributed by atoms with E-state index in [4.69, 9.17) is 0 Å². The first-order valence-corrected chi connectivity index (χ1v) is 7.32. The maximum Gasteiger partial charge on any atom is 0.200 e. The predicted molar refractivity (Wildman–Crippen MR) is 79.8 cm³/mol. The first-order chi connectivity index (χ1) is 9.10. The Morgan fingerprint density at radius 3 is 2.16 bits per heavy atom. The SMILES string of the molecule is CC.CCCCC(CC)Cc1ccc(O)c(O)c1O. The first kappa shape index (κ1) is 17.6. The molecule has 0 aliphatic rings. The molecule has 0 saturated carbocycles. The molecule has 1 aromatic carbocycles. The number of unbranched alkanes of at least 4 members (excludes halogenated alkanes) is 1. The van der Waals surface area contributed by atoms with Gasteiger partial charge in [-0.25, -0.2) is 0 Å². The molecule has 0 heterocycles. The van der Waals surface area contributed by atoms with Gasteiger partial charge in [0.2, 0.25) is 5.75 Å². The second-order valence-corrected chi connectivity index (χ2v) is 4.56. The van der Waals surface area contributed by atoms with Crippen molar-refractivity contribution in [3.05, 3.63) is 17.7 Å². The lowest BCUT2D eigenvalue weighted by atomic mass is 9.91. The van der Waals surface area contributed by atoms with Crippen molar-refractivity contribution in [2.75, 3.05) is 0 Å². The van der Waals surface area contributed by atoms with Crippen molar-refractivity contribution in [3.8, 4) is 17.2 Å². The summed E-state index contributed by atoms with van der Waals surface area (Å²) in [6.45, 7) is 8.30. The van der Waals surface area contributed by atoms with Gasteiger partial charge in [-0.05, 0) is 24.0 Å². The molecule has 0 aliphatic heterocycles. The minimum atomic E-state index is -0.409. The van der Waals surface area contributed by atoms with E-state index in [2.05, 4.69) is 13.8 Å². The summed E-state index contributed by atoms with van der Waals surface area (Å²) in [5.41, 5.74) is 0.711. The van der Waals surface area contributed by atoms with Crippen molar-refractivity contribution >= 4 is 0 Å². The summed E-state index contributed by atoms with van der Waals surface area (Å²) in [7, 11) is 0. The molecule has 1 unspecified atom stereocenters. The van der Waals surface area contributed by atoms with Crippen LogP contribution in [0.3, 0.4) is 0 Å². The lowest BCUT2D eigenvalue weighted by molar-refractivity contribution is 0.360. The Kier molecular flexibility index (Phi) is 8.84. The van der Waals surface area contributed by atoms with Crippen LogP contribution in [0.5, 0.6) is 17.2 Å². The summed E-state index contributed by atoms with van der Waals surface area (Å²) in [5, 5.41) is 28.4. The lowest BCUT2D eigenvalue weighted by Crippen LogP contribution is -2.03. The Balaban J connectivity index is 0.00000154. The lowest BCUT2D eigenvalue weighted by Gasteiger charge is -2.15. The first-order valence-electron chi connectivity index (χ1n) is 7.32. The van der Waals surface area contributed by atoms with Crippen molar-refractivity contribution in [1.29, 1.82) is 0 Å². The molecule has 0 fully saturated rings. The van der Waals surface area contributed by atoms with Crippen LogP contribution in [-0.2, 0) is 6.42 Å². The Morgan fingerprint density at radius 1 is 1.00 bits per heavy atom. The van der Waals surface area contributed by atoms with Crippen LogP contribution in [0.25, 0.3) is 0 Å². The van der Waals surface area contributed by atoms with E-state index in [1.165, 1.54) is 18.9 Å². The molecule has 1 aromatic rings. The number of hydrogen-bond donors (Lipinski definition) is 3. The molecule has 110 valence electrons. The molecule has 0 bridgehead atoms. The maximum absolute atomic E-state index is 9.74. The Labute approximate surface area is 116 Å². The average Bonchev–Trinajstić information content (AvgIpc) is 2.45. The molecule has 3 nitrogen and oxygen atoms in total. The van der Waals surface area contributed by atoms with Gasteiger partial charge >= 0.3 is 0 Å². The fraction of sp³-hybridized carbons (Fsp3) is 0.625. The van der Waals surface area contributed by atoms with Crippen molar-refractivity contribution in [3.63, 3.8) is 0 Å². The average molecular weight is 268 g/mol. The van der Waals surface area contributed by atoms with Crippen LogP contribution >= 0.6 is 0 Å². The van der Waals surface area contributed by atoms with Gasteiger partial charge in [-0.2, -0.15) is 0 Å². The van der Waals surface area contributed by atoms with Crippen LogP contribution in [0.1, 0.15) is 58.9 Å². The molecule has 0 saturated heterocycles. The number of hydrogen-bond acceptors (Lipinski definition) is 3. The van der Waals surface area contributed by atoms with Crippen LogP contribution in [0.2, 0.25) is 0 Å². The summed E-state index contributed by atoms with van der Waals surface area (Å²) in [5.74, 6) is -0.342. The molecule has 0 amide bonds. The molecule has 19 heavy (non-hydrogen) atoms. The van der Waals surface area contributed by atoms with Crippen molar-refractivity contribution in [2.24, 2.45) is 5.92 Å². The molecule has 1 rings (SSSR count). The van der Waals surface area contributed by atoms with Gasteiger partial charge in [0.1, 0.15) is 0 Å². The van der Waals surface area contributed by atoms with Crippen molar-refractivity contribution in [1.82, 2.24) is 0 Å². The van der Waals surface area contributed by atoms with Crippen LogP contribution in [-0.4, -0.2) is 15.3 Å². The standard InChI is InChI=1S/C14H22O3.C2H6/c1-3-5-6-10(4-2)9-11-7-8-12(15)14(17)13(11)16;1-2/h7-8,10,15-17H,3-6,9H2,1-2H3;1-2H3. The van der Waals surface area contributed by atoms with E-state index >= 15 is 0 Å². The van der Waals surface area contributed by atoms with Crippen molar-refractivity contribution in [2.45, 2.75) is 59.8 Å². The molecule has 3 N–H and O–H groups in total. The zero-order chi connectivity index (χ0) is 14.8. The summed E-state index contributed by atoms with van der Waals surface area (Å²) >= 11 is 0. The molecule has 0 aromatic heterocycles. The van der Waals surface area contributed by atoms with E-state index in [0.717, 1.165) is 19.3 Å². The highest BCUT2D eigenvalue weighted by Crippen LogP contribution is 2.38. The monoisotopic (exact) mass is 268 g/mol. The zero-order valence-electron chi connectivity index (χ0n) is 12.6. The van der Waals surface area contributed by atoms with Gasteiger partial charge in [0.25, 0.3) is 0 Å². The zero-order valence-corrected chi connectivity index (χ0v) is 12.6. The highest BCUT2D eigenvalue weighted by atomic mass is 16.3. The Bertz CT molecular complexity index is 361. The number of benzene rings is 1. The number of phenols is 3. The van der Waals surface area contributed by atoms with E-state index in [0.29, 0.717) is 11.5 Å². The second kappa shape index (κ2) is 9.54. The molecular weight excluding hydrogens is 240 g/mol. The molecular formula is C16H28O3. The highest BCUT2D eigenvalue weighted by molar-refractivity contribution is 5.53. The summed E-state index contributed by atoms with van der Waals surface area (Å²) in [6, 6.07) is 3.11. The highest BCUT2D eigenvalue weighted by Gasteiger charge is 2.14. The number of aromatic hydroxyl groups is 3. The van der Waals surface area contributed by atoms with E-state index < -0.39 is 5.75 Å². The van der Waals surface area contributed by atoms with Crippen molar-refractivity contribution < 1.29 is 15.3 Å². The van der Waals surface area contributed by atoms with Gasteiger partial charge in [0, 0.05) is 0 Å². The minimum absolute atomic E-state index is 0.181. The topological polar surface area (TPSA) is 60.7 Å². The predicted octanol–water partition coefficient (Wildman–Crippen LogP) is 4.59. The van der Waals surface area contributed by atoms with Gasteiger partial charge in [-0.1, -0.05) is 59.4 Å². The molecule has 0 spiro atoms. The fourth-order valence-corrected chi connectivity index (χ4v) is 2.03. The van der Waals surface area contributed by atoms with Gasteiger partial charge in [-0.15, -0.1) is 0 Å². The third-order valence-electron chi connectivity index (χ3n) is 3.27. The van der Waals surface area contributed by atoms with Crippen LogP contribution in [0.4, 0.5) is 0 Å². The van der Waals surface area contributed by atoms with Crippen LogP contribution in [0.15, 0.2) is 12.1 Å². The second-order valence-electron chi connectivity index (χ2n) is 4.56. The molecule has 0 aliphatic carbocycles. The third kappa shape index (κ3) is 5.41. The van der Waals surface area contributed by atoms with Gasteiger partial charge in [-0.3, -0.25) is 0 Å². The van der Waals surface area contributed by atoms with E-state index in [1.807, 2.05) is 13.8 Å². The number of rotatable bonds is 6. The van der Waals surface area contributed by atoms with Gasteiger partial charge in [0.05, 0.1) is 0 Å². The van der Waals surface area contributed by atoms with E-state index in [-0.39, 0.29) is 11.5 Å². The minimum Gasteiger partial charge on any atom is -0.504 e. The molecule has 1 atom stereocenters. The largest absolute Gasteiger partial charge is 0.504 e. The Morgan fingerprint density at radius 2 is 1.63 bits per heavy atom. The third-order valence-corrected chi connectivity index (χ3v) is 3.27. The fourth-order valence-electron chi connectivity index (χ4n) is 2.03. The quantitative estimate of drug-likeness (QED) is 0.661. The van der Waals surface area contributed by atoms with E-state index in [1.54, 1.807) is 6.07 Å². The maximum atomic E-state index is 9.74. The van der Waals surface area contributed by atoms with E-state index in [9.17, 15) is 15.3 Å². The molecule has 0 radical (unpaired) electrons. The normalized spacial score (nSPS) is 11.6. The summed E-state index contributed by atoms with van der Waals surface area (Å²) in [6.07, 6.45) is 5.29. The van der Waals surface area contributed by atoms with Gasteiger partial charge < -0.3 is 15.3 Å². The summed E-state index contributed by atoms with van der Waals surface area (Å²) < 4.78 is 0.